The van der Waals surface area contributed by atoms with Gasteiger partial charge in [0.25, 0.3) is 0 Å². The van der Waals surface area contributed by atoms with Gasteiger partial charge in [-0.1, -0.05) is 38.5 Å². The van der Waals surface area contributed by atoms with Gasteiger partial charge in [0, 0.05) is 12.1 Å². The summed E-state index contributed by atoms with van der Waals surface area (Å²) in [5, 5.41) is -1.64. The first-order valence-corrected chi connectivity index (χ1v) is 19.0. The molecule has 3 rings (SSSR count). The average Bonchev–Trinajstić information content (AvgIpc) is 2.53. The Bertz CT molecular complexity index is 560. The van der Waals surface area contributed by atoms with Crippen molar-refractivity contribution < 1.29 is 4.49 Å². The molecule has 0 bridgehead atoms. The first-order chi connectivity index (χ1) is 12.5. The maximum atomic E-state index is 7.21. The summed E-state index contributed by atoms with van der Waals surface area (Å²) in [4.78, 5) is 2.51. The molecule has 0 aromatic rings. The monoisotopic (exact) mass is 447 g/mol. The smallest absolute Gasteiger partial charge is 0.394 e. The van der Waals surface area contributed by atoms with Gasteiger partial charge in [0.15, 0.2) is 0 Å². The van der Waals surface area contributed by atoms with E-state index in [1.165, 1.54) is 70.2 Å². The van der Waals surface area contributed by atoms with Crippen LogP contribution >= 0.6 is 22.9 Å². The van der Waals surface area contributed by atoms with Crippen LogP contribution in [0.25, 0.3) is 0 Å². The molecule has 1 aliphatic heterocycles. The molecule has 0 aromatic heterocycles. The summed E-state index contributed by atoms with van der Waals surface area (Å²) in [5.41, 5.74) is 0. The van der Waals surface area contributed by atoms with E-state index in [0.29, 0.717) is 12.1 Å². The standard InChI is InChI=1S/C19H40BCl2N3Si2/c1-26(2,3)25(27(4,5)6)19-23(17-13-9-7-10-14-17)20(21,22)24(19)18-15-11-8-12-16-18/h17-18H,7-16H2,1-6H3. The van der Waals surface area contributed by atoms with Gasteiger partial charge >= 0.3 is 5.25 Å². The summed E-state index contributed by atoms with van der Waals surface area (Å²) in [5.74, 6) is 1.43. The van der Waals surface area contributed by atoms with Crippen molar-refractivity contribution in [2.75, 3.05) is 0 Å². The van der Waals surface area contributed by atoms with Crippen molar-refractivity contribution in [3.8, 4) is 0 Å². The van der Waals surface area contributed by atoms with Gasteiger partial charge < -0.3 is 13.5 Å². The normalized spacial score (nSPS) is 25.6. The lowest BCUT2D eigenvalue weighted by Gasteiger charge is -2.63. The number of nitrogens with zero attached hydrogens (tertiary/aromatic N) is 3. The minimum absolute atomic E-state index is 0.527. The van der Waals surface area contributed by atoms with Crippen LogP contribution in [-0.4, -0.2) is 53.3 Å². The van der Waals surface area contributed by atoms with Crippen molar-refractivity contribution in [1.29, 1.82) is 0 Å². The zero-order valence-electron chi connectivity index (χ0n) is 18.4. The van der Waals surface area contributed by atoms with E-state index in [1.54, 1.807) is 0 Å². The van der Waals surface area contributed by atoms with E-state index in [1.807, 2.05) is 0 Å². The van der Waals surface area contributed by atoms with Crippen LogP contribution in [0.5, 0.6) is 0 Å². The van der Waals surface area contributed by atoms with E-state index in [0.717, 1.165) is 0 Å². The molecule has 2 saturated carbocycles. The maximum absolute atomic E-state index is 7.21. The molecule has 27 heavy (non-hydrogen) atoms. The number of rotatable bonds is 4. The van der Waals surface area contributed by atoms with Crippen molar-refractivity contribution in [1.82, 2.24) is 9.04 Å². The lowest BCUT2D eigenvalue weighted by atomic mass is 9.82. The molecule has 0 N–H and O–H groups in total. The maximum Gasteiger partial charge on any atom is 0.491 e. The second kappa shape index (κ2) is 7.88. The van der Waals surface area contributed by atoms with Gasteiger partial charge in [0.05, 0.1) is 0 Å². The topological polar surface area (TPSA) is 9.49 Å². The van der Waals surface area contributed by atoms with Crippen LogP contribution in [0.1, 0.15) is 64.2 Å². The Morgan fingerprint density at radius 2 is 1.26 bits per heavy atom. The molecule has 1 heterocycles. The largest absolute Gasteiger partial charge is 0.491 e. The molecule has 3 aliphatic rings. The molecule has 0 amide bonds. The van der Waals surface area contributed by atoms with E-state index in [2.05, 4.69) is 52.8 Å². The molecule has 3 nitrogen and oxygen atoms in total. The van der Waals surface area contributed by atoms with E-state index in [4.69, 9.17) is 22.9 Å². The Hall–Kier alpha value is 0.349. The molecule has 0 radical (unpaired) electrons. The first-order valence-electron chi connectivity index (χ1n) is 11.2. The molecular weight excluding hydrogens is 408 g/mol. The molecule has 156 valence electrons. The van der Waals surface area contributed by atoms with Gasteiger partial charge in [-0.05, 0) is 65.0 Å². The molecular formula is C19H40BCl2N3Si2. The summed E-state index contributed by atoms with van der Waals surface area (Å²) < 4.78 is 5.38. The van der Waals surface area contributed by atoms with Gasteiger partial charge in [-0.25, -0.2) is 0 Å². The third kappa shape index (κ3) is 4.29. The third-order valence-electron chi connectivity index (χ3n) is 6.61. The van der Waals surface area contributed by atoms with E-state index >= 15 is 0 Å². The highest BCUT2D eigenvalue weighted by molar-refractivity contribution is 7.42. The molecule has 2 aliphatic carbocycles. The minimum Gasteiger partial charge on any atom is -0.394 e. The molecule has 0 spiro atoms. The highest BCUT2D eigenvalue weighted by Gasteiger charge is 2.60. The van der Waals surface area contributed by atoms with Gasteiger partial charge in [-0.2, -0.15) is 0 Å². The average molecular weight is 448 g/mol. The van der Waals surface area contributed by atoms with Crippen molar-refractivity contribution in [2.45, 2.75) is 116 Å². The Morgan fingerprint density at radius 1 is 0.815 bits per heavy atom. The van der Waals surface area contributed by atoms with Crippen LogP contribution < -0.4 is 0 Å². The molecule has 8 heteroatoms. The lowest BCUT2D eigenvalue weighted by Crippen LogP contribution is -2.82. The number of guanidine groups is 1. The first kappa shape index (κ1) is 22.0. The van der Waals surface area contributed by atoms with Gasteiger partial charge in [0.1, 0.15) is 0 Å². The summed E-state index contributed by atoms with van der Waals surface area (Å²) >= 11 is 14.4. The quantitative estimate of drug-likeness (QED) is 0.473. The molecule has 0 saturated heterocycles. The third-order valence-corrected chi connectivity index (χ3v) is 14.6. The van der Waals surface area contributed by atoms with Crippen molar-refractivity contribution in [3.63, 3.8) is 0 Å². The van der Waals surface area contributed by atoms with Crippen LogP contribution in [0.3, 0.4) is 0 Å². The molecule has 2 fully saturated rings. The number of hydrogen-bond donors (Lipinski definition) is 0. The van der Waals surface area contributed by atoms with Crippen molar-refractivity contribution in [2.24, 2.45) is 0 Å². The minimum atomic E-state index is -1.64. The van der Waals surface area contributed by atoms with Gasteiger partial charge in [0.2, 0.25) is 22.4 Å². The van der Waals surface area contributed by atoms with Gasteiger partial charge in [-0.15, -0.1) is 0 Å². The predicted octanol–water partition coefficient (Wildman–Crippen LogP) is 6.22. The lowest BCUT2D eigenvalue weighted by molar-refractivity contribution is -0.482. The molecule has 0 aromatic carbocycles. The second-order valence-electron chi connectivity index (χ2n) is 11.0. The fourth-order valence-electron chi connectivity index (χ4n) is 5.88. The Kier molecular flexibility index (Phi) is 6.43. The van der Waals surface area contributed by atoms with Crippen LogP contribution in [0.4, 0.5) is 0 Å². The predicted molar refractivity (Wildman–Crippen MR) is 127 cm³/mol. The SMILES string of the molecule is C[Si](C)(C)N(C1=[N+](C2CCCCC2)[B-](Cl)(Cl)N1C1CCCCC1)[Si](C)(C)C. The Morgan fingerprint density at radius 3 is 1.70 bits per heavy atom. The molecule has 0 atom stereocenters. The van der Waals surface area contributed by atoms with Crippen molar-refractivity contribution >= 4 is 50.6 Å². The summed E-state index contributed by atoms with van der Waals surface area (Å²) in [6.45, 7) is 15.0. The zero-order chi connectivity index (χ0) is 20.0. The molecule has 0 unspecified atom stereocenters. The summed E-state index contributed by atoms with van der Waals surface area (Å²) in [7, 11) is -3.12. The second-order valence-corrected chi connectivity index (χ2v) is 22.4. The number of hydrogen-bond acceptors (Lipinski definition) is 2. The number of halogens is 2. The zero-order valence-corrected chi connectivity index (χ0v) is 21.9. The Balaban J connectivity index is 2.09. The van der Waals surface area contributed by atoms with Crippen LogP contribution in [0, 0.1) is 0 Å². The van der Waals surface area contributed by atoms with Crippen LogP contribution in [0.2, 0.25) is 39.3 Å². The van der Waals surface area contributed by atoms with E-state index in [-0.39, 0.29) is 0 Å². The van der Waals surface area contributed by atoms with E-state index < -0.39 is 21.7 Å². The van der Waals surface area contributed by atoms with Crippen molar-refractivity contribution in [3.05, 3.63) is 0 Å². The van der Waals surface area contributed by atoms with Crippen LogP contribution in [-0.2, 0) is 0 Å². The highest BCUT2D eigenvalue weighted by atomic mass is 35.5. The van der Waals surface area contributed by atoms with Crippen LogP contribution in [0.15, 0.2) is 0 Å². The highest BCUT2D eigenvalue weighted by Crippen LogP contribution is 2.43. The fourth-order valence-corrected chi connectivity index (χ4v) is 16.6. The fraction of sp³-hybridized carbons (Fsp3) is 0.947. The van der Waals surface area contributed by atoms with E-state index in [9.17, 15) is 0 Å². The summed E-state index contributed by atoms with van der Waals surface area (Å²) in [6.07, 6.45) is 13.0. The Labute approximate surface area is 179 Å². The van der Waals surface area contributed by atoms with Gasteiger partial charge in [-0.3, -0.25) is 22.9 Å². The summed E-state index contributed by atoms with van der Waals surface area (Å²) in [6, 6.07) is 1.05.